The van der Waals surface area contributed by atoms with Crippen LogP contribution >= 0.6 is 0 Å². The summed E-state index contributed by atoms with van der Waals surface area (Å²) in [4.78, 5) is 42.2. The Labute approximate surface area is 574 Å². The third kappa shape index (κ3) is 10.5. The van der Waals surface area contributed by atoms with Gasteiger partial charge in [-0.2, -0.15) is 0 Å². The summed E-state index contributed by atoms with van der Waals surface area (Å²) in [7, 11) is 0. The summed E-state index contributed by atoms with van der Waals surface area (Å²) in [6.07, 6.45) is 20.6. The van der Waals surface area contributed by atoms with Crippen LogP contribution in [0.4, 0.5) is 40.1 Å². The molecule has 5 atom stereocenters. The van der Waals surface area contributed by atoms with Crippen molar-refractivity contribution in [1.82, 2.24) is 44.6 Å². The summed E-state index contributed by atoms with van der Waals surface area (Å²) in [5.74, 6) is 1.65. The fourth-order valence-corrected chi connectivity index (χ4v) is 13.9. The SMILES string of the molecule is Cc1ccc2c(oc3ncccc32)c1N1c2nccnc2N(c2ccccc2)C1C.[2H]C(C)(C)N1C=CN(c2c(C)ccc3c2oc2ncccc23)C1C.[2H]C([2H])([2H])C([2H])(C)N1C=CN(c2c(C)ccc3c2oc2ncccc23)C1C.[2H]C([2H])([2H])N1C=CN(c2c(C)ccc3c2oc2ncccc23)C1C. The lowest BCUT2D eigenvalue weighted by Gasteiger charge is -2.33. The Morgan fingerprint density at radius 2 is 0.732 bits per heavy atom. The van der Waals surface area contributed by atoms with E-state index in [9.17, 15) is 0 Å². The van der Waals surface area contributed by atoms with Gasteiger partial charge in [-0.15, -0.1) is 0 Å². The number of hydrogen-bond acceptors (Lipinski definition) is 18. The minimum Gasteiger partial charge on any atom is -0.435 e. The van der Waals surface area contributed by atoms with Gasteiger partial charge in [0.1, 0.15) is 24.7 Å². The van der Waals surface area contributed by atoms with Crippen LogP contribution in [0.25, 0.3) is 88.3 Å². The summed E-state index contributed by atoms with van der Waals surface area (Å²) >= 11 is 0. The third-order valence-electron chi connectivity index (χ3n) is 18.8. The van der Waals surface area contributed by atoms with Crippen molar-refractivity contribution in [3.05, 3.63) is 224 Å². The second kappa shape index (κ2) is 24.7. The van der Waals surface area contributed by atoms with E-state index in [-0.39, 0.29) is 24.7 Å². The molecule has 18 heteroatoms. The maximum atomic E-state index is 8.41. The number of fused-ring (bicyclic) bond motifs is 13. The molecule has 488 valence electrons. The first kappa shape index (κ1) is 52.9. The first-order chi connectivity index (χ1) is 50.1. The molecule has 5 unspecified atom stereocenters. The van der Waals surface area contributed by atoms with E-state index in [1.165, 1.54) is 11.8 Å². The molecule has 0 saturated heterocycles. The van der Waals surface area contributed by atoms with Crippen molar-refractivity contribution in [2.45, 2.75) is 120 Å². The zero-order valence-corrected chi connectivity index (χ0v) is 55.8. The van der Waals surface area contributed by atoms with Gasteiger partial charge in [0.15, 0.2) is 34.0 Å². The Morgan fingerprint density at radius 3 is 1.11 bits per heavy atom. The number of para-hydroxylation sites is 1. The normalized spacial score (nSPS) is 19.6. The molecule has 0 amide bonds. The minimum atomic E-state index is -2.44. The average Bonchev–Trinajstić information content (AvgIpc) is 1.59. The van der Waals surface area contributed by atoms with Crippen LogP contribution in [0.2, 0.25) is 0 Å². The fraction of sp³-hybridized carbons (Fsp3) is 0.241. The molecule has 0 bridgehead atoms. The highest BCUT2D eigenvalue weighted by atomic mass is 16.4. The van der Waals surface area contributed by atoms with Crippen LogP contribution in [0, 0.1) is 27.7 Å². The van der Waals surface area contributed by atoms with Crippen molar-refractivity contribution >= 4 is 128 Å². The van der Waals surface area contributed by atoms with Crippen molar-refractivity contribution in [3.63, 3.8) is 0 Å². The molecule has 18 nitrogen and oxygen atoms in total. The van der Waals surface area contributed by atoms with Crippen LogP contribution in [0.15, 0.2) is 219 Å². The molecule has 0 saturated carbocycles. The van der Waals surface area contributed by atoms with Crippen LogP contribution in [0.5, 0.6) is 0 Å². The molecule has 0 aliphatic carbocycles. The van der Waals surface area contributed by atoms with Gasteiger partial charge in [-0.1, -0.05) is 66.7 Å². The van der Waals surface area contributed by atoms with Gasteiger partial charge in [0.2, 0.25) is 22.9 Å². The molecule has 5 aromatic carbocycles. The van der Waals surface area contributed by atoms with Gasteiger partial charge in [-0.05, 0) is 166 Å². The van der Waals surface area contributed by atoms with Crippen molar-refractivity contribution in [1.29, 1.82) is 0 Å². The Hall–Kier alpha value is -11.4. The highest BCUT2D eigenvalue weighted by molar-refractivity contribution is 6.12. The van der Waals surface area contributed by atoms with Gasteiger partial charge >= 0.3 is 0 Å². The van der Waals surface area contributed by atoms with Crippen molar-refractivity contribution in [3.8, 4) is 0 Å². The highest BCUT2D eigenvalue weighted by Crippen LogP contribution is 2.50. The molecule has 0 fully saturated rings. The number of furan rings is 4. The quantitative estimate of drug-likeness (QED) is 0.148. The van der Waals surface area contributed by atoms with Crippen LogP contribution < -0.4 is 24.5 Å². The Morgan fingerprint density at radius 1 is 0.361 bits per heavy atom. The molecule has 13 heterocycles. The molecule has 0 N–H and O–H groups in total. The van der Waals surface area contributed by atoms with E-state index in [0.717, 1.165) is 122 Å². The van der Waals surface area contributed by atoms with Crippen molar-refractivity contribution in [2.24, 2.45) is 0 Å². The molecule has 4 aliphatic rings. The molecule has 0 spiro atoms. The molecular weight excluding hydrogens is 1210 g/mol. The van der Waals surface area contributed by atoms with Gasteiger partial charge in [-0.25, -0.2) is 29.9 Å². The summed E-state index contributed by atoms with van der Waals surface area (Å²) in [6, 6.07) is 40.1. The maximum Gasteiger partial charge on any atom is 0.227 e. The van der Waals surface area contributed by atoms with E-state index in [0.29, 0.717) is 28.4 Å². The third-order valence-corrected chi connectivity index (χ3v) is 18.8. The smallest absolute Gasteiger partial charge is 0.227 e. The first-order valence-electron chi connectivity index (χ1n) is 36.4. The molecule has 4 aliphatic heterocycles. The summed E-state index contributed by atoms with van der Waals surface area (Å²) in [5.41, 5.74) is 14.7. The van der Waals surface area contributed by atoms with E-state index >= 15 is 0 Å². The number of anilines is 7. The monoisotopic (exact) mass is 1290 g/mol. The van der Waals surface area contributed by atoms with Crippen LogP contribution in [-0.4, -0.2) is 88.3 Å². The van der Waals surface area contributed by atoms with E-state index in [2.05, 4.69) is 104 Å². The van der Waals surface area contributed by atoms with Gasteiger partial charge in [0.05, 0.1) is 25.5 Å². The number of rotatable bonds is 7. The number of benzene rings is 5. The Bertz CT molecular complexity index is 5610. The fourth-order valence-electron chi connectivity index (χ4n) is 13.9. The maximum absolute atomic E-state index is 8.41. The summed E-state index contributed by atoms with van der Waals surface area (Å²) in [6.45, 7) is 16.8. The van der Waals surface area contributed by atoms with E-state index in [1.807, 2.05) is 166 Å². The largest absolute Gasteiger partial charge is 0.435 e. The summed E-state index contributed by atoms with van der Waals surface area (Å²) in [5, 5.41) is 8.00. The van der Waals surface area contributed by atoms with Gasteiger partial charge < -0.3 is 52.0 Å². The predicted molar refractivity (Wildman–Crippen MR) is 392 cm³/mol. The van der Waals surface area contributed by atoms with Crippen LogP contribution in [0.3, 0.4) is 0 Å². The van der Waals surface area contributed by atoms with Gasteiger partial charge in [0.25, 0.3) is 0 Å². The van der Waals surface area contributed by atoms with Crippen molar-refractivity contribution in [2.75, 3.05) is 31.5 Å². The summed E-state index contributed by atoms with van der Waals surface area (Å²) < 4.78 is 87.3. The second-order valence-electron chi connectivity index (χ2n) is 24.9. The van der Waals surface area contributed by atoms with E-state index in [1.54, 1.807) is 60.7 Å². The molecule has 9 aromatic heterocycles. The standard InChI is InChI=1S/C24H19N5O.2C19H21N3O.C17H17N3O/c1-15-10-11-18-19-9-6-12-27-24(19)30-21(18)20(15)29-16(2)28(17-7-4-3-5-8-17)22-23(29)26-14-13-25-22;2*1-12(2)21-10-11-22(14(21)4)17-13(3)7-8-15-16-6-5-9-20-19(16)23-18(15)17;1-11-6-7-13-14-5-4-8-18-17(14)21-16(13)15(11)20-10-9-19(3)12(20)2/h3-14,16H,1-2H3;2*5-12,14H,1-4H3;4-10,12H,1-3H3/i;1D3,12D;12D;3D3. The number of nitrogens with zero attached hydrogens (tertiary/aromatic N) is 14. The first-order valence-corrected chi connectivity index (χ1v) is 32.4. The Balaban J connectivity index is 0.000000113. The molecule has 18 rings (SSSR count). The molecule has 0 radical (unpaired) electrons. The minimum absolute atomic E-state index is 0.0322. The van der Waals surface area contributed by atoms with E-state index in [4.69, 9.17) is 33.6 Å². The predicted octanol–water partition coefficient (Wildman–Crippen LogP) is 18.8. The molecular formula is C79H78N14O4. The van der Waals surface area contributed by atoms with Crippen LogP contribution in [0.1, 0.15) is 88.5 Å². The zero-order valence-electron chi connectivity index (χ0n) is 63.8. The number of pyridine rings is 4. The van der Waals surface area contributed by atoms with E-state index < -0.39 is 25.9 Å². The number of hydrogen-bond donors (Lipinski definition) is 0. The highest BCUT2D eigenvalue weighted by Gasteiger charge is 2.40. The lowest BCUT2D eigenvalue weighted by Crippen LogP contribution is -2.39. The topological polar surface area (TPSA) is 156 Å². The molecule has 97 heavy (non-hydrogen) atoms. The molecule has 14 aromatic rings. The second-order valence-corrected chi connectivity index (χ2v) is 24.9. The lowest BCUT2D eigenvalue weighted by molar-refractivity contribution is 0.263. The van der Waals surface area contributed by atoms with Crippen molar-refractivity contribution < 1.29 is 28.6 Å². The number of aryl methyl sites for hydroxylation is 4. The van der Waals surface area contributed by atoms with Gasteiger partial charge in [-0.3, -0.25) is 4.90 Å². The lowest BCUT2D eigenvalue weighted by atomic mass is 10.1. The Kier molecular flexibility index (Phi) is 13.5. The van der Waals surface area contributed by atoms with Gasteiger partial charge in [0, 0.05) is 150 Å². The zero-order chi connectivity index (χ0) is 73.9. The van der Waals surface area contributed by atoms with Crippen LogP contribution in [-0.2, 0) is 0 Å². The number of aromatic nitrogens is 6. The average molecular weight is 1300 g/mol.